The summed E-state index contributed by atoms with van der Waals surface area (Å²) in [5.41, 5.74) is 5.48. The molecule has 0 fully saturated rings. The number of nitrogens with one attached hydrogen (secondary N) is 1. The maximum absolute atomic E-state index is 13.6. The van der Waals surface area contributed by atoms with E-state index in [2.05, 4.69) is 10.5 Å². The Bertz CT molecular complexity index is 550. The quantitative estimate of drug-likeness (QED) is 0.634. The molecule has 102 valence electrons. The van der Waals surface area contributed by atoms with Gasteiger partial charge in [-0.15, -0.1) is 0 Å². The van der Waals surface area contributed by atoms with E-state index in [0.29, 0.717) is 18.4 Å². The molecule has 5 heteroatoms. The zero-order valence-electron chi connectivity index (χ0n) is 11.2. The maximum Gasteiger partial charge on any atom is 0.126 e. The van der Waals surface area contributed by atoms with Crippen molar-refractivity contribution in [2.75, 3.05) is 0 Å². The lowest BCUT2D eigenvalue weighted by Gasteiger charge is -2.16. The topological polar surface area (TPSA) is 55.9 Å². The molecule has 0 aliphatic heterocycles. The van der Waals surface area contributed by atoms with Gasteiger partial charge >= 0.3 is 0 Å². The third kappa shape index (κ3) is 3.39. The molecule has 0 saturated heterocycles. The van der Waals surface area contributed by atoms with Gasteiger partial charge in [-0.1, -0.05) is 18.2 Å². The van der Waals surface area contributed by atoms with Crippen molar-refractivity contribution in [1.82, 2.24) is 15.2 Å². The molecule has 3 N–H and O–H groups in total. The monoisotopic (exact) mass is 262 g/mol. The molecule has 0 aliphatic rings. The van der Waals surface area contributed by atoms with Gasteiger partial charge in [-0.2, -0.15) is 5.10 Å². The predicted octanol–water partition coefficient (Wildman–Crippen LogP) is 1.48. The Hall–Kier alpha value is -1.72. The molecule has 0 aliphatic carbocycles. The number of nitrogens with two attached hydrogens (primary N) is 1. The highest BCUT2D eigenvalue weighted by atomic mass is 19.1. The van der Waals surface area contributed by atoms with E-state index in [1.165, 1.54) is 6.07 Å². The third-order valence-corrected chi connectivity index (χ3v) is 3.21. The molecule has 2 aromatic rings. The van der Waals surface area contributed by atoms with E-state index in [9.17, 15) is 4.39 Å². The zero-order valence-corrected chi connectivity index (χ0v) is 11.2. The van der Waals surface area contributed by atoms with E-state index in [1.807, 2.05) is 30.8 Å². The maximum atomic E-state index is 13.6. The number of hydrazine groups is 1. The van der Waals surface area contributed by atoms with Gasteiger partial charge in [0.1, 0.15) is 5.82 Å². The SMILES string of the molecule is Cc1cc(CC(Cc2ccccc2F)NN)n(C)n1. The van der Waals surface area contributed by atoms with Crippen molar-refractivity contribution in [2.45, 2.75) is 25.8 Å². The molecule has 0 saturated carbocycles. The van der Waals surface area contributed by atoms with Crippen molar-refractivity contribution in [1.29, 1.82) is 0 Å². The smallest absolute Gasteiger partial charge is 0.126 e. The molecule has 4 nitrogen and oxygen atoms in total. The lowest BCUT2D eigenvalue weighted by atomic mass is 10.0. The fraction of sp³-hybridized carbons (Fsp3) is 0.357. The van der Waals surface area contributed by atoms with Crippen molar-refractivity contribution in [3.05, 3.63) is 53.1 Å². The lowest BCUT2D eigenvalue weighted by molar-refractivity contribution is 0.492. The van der Waals surface area contributed by atoms with Gasteiger partial charge in [-0.25, -0.2) is 4.39 Å². The molecule has 1 unspecified atom stereocenters. The molecule has 1 aromatic heterocycles. The number of hydrogen-bond acceptors (Lipinski definition) is 3. The fourth-order valence-electron chi connectivity index (χ4n) is 2.23. The Kier molecular flexibility index (Phi) is 4.29. The van der Waals surface area contributed by atoms with Gasteiger partial charge in [-0.3, -0.25) is 16.0 Å². The lowest BCUT2D eigenvalue weighted by Crippen LogP contribution is -2.39. The average molecular weight is 262 g/mol. The normalized spacial score (nSPS) is 12.6. The van der Waals surface area contributed by atoms with E-state index in [0.717, 1.165) is 11.4 Å². The summed E-state index contributed by atoms with van der Waals surface area (Å²) in [5, 5.41) is 4.30. The summed E-state index contributed by atoms with van der Waals surface area (Å²) in [6.07, 6.45) is 1.26. The highest BCUT2D eigenvalue weighted by molar-refractivity contribution is 5.19. The summed E-state index contributed by atoms with van der Waals surface area (Å²) >= 11 is 0. The minimum absolute atomic E-state index is 0.0216. The van der Waals surface area contributed by atoms with Gasteiger partial charge in [0.15, 0.2) is 0 Å². The average Bonchev–Trinajstić information content (AvgIpc) is 2.69. The summed E-state index contributed by atoms with van der Waals surface area (Å²) in [6, 6.07) is 8.78. The van der Waals surface area contributed by atoms with Crippen LogP contribution in [0.1, 0.15) is 17.0 Å². The molecule has 19 heavy (non-hydrogen) atoms. The van der Waals surface area contributed by atoms with Crippen LogP contribution in [0.25, 0.3) is 0 Å². The van der Waals surface area contributed by atoms with Crippen molar-refractivity contribution in [3.63, 3.8) is 0 Å². The molecule has 0 radical (unpaired) electrons. The summed E-state index contributed by atoms with van der Waals surface area (Å²) in [4.78, 5) is 0. The molecule has 1 aromatic carbocycles. The summed E-state index contributed by atoms with van der Waals surface area (Å²) < 4.78 is 15.5. The standard InChI is InChI=1S/C14H19FN4/c1-10-7-13(19(2)18-10)9-12(17-16)8-11-5-3-4-6-14(11)15/h3-7,12,17H,8-9,16H2,1-2H3. The van der Waals surface area contributed by atoms with E-state index in [4.69, 9.17) is 5.84 Å². The van der Waals surface area contributed by atoms with Crippen LogP contribution < -0.4 is 11.3 Å². The van der Waals surface area contributed by atoms with Gasteiger partial charge in [-0.05, 0) is 31.0 Å². The number of aryl methyl sites for hydroxylation is 2. The fourth-order valence-corrected chi connectivity index (χ4v) is 2.23. The third-order valence-electron chi connectivity index (χ3n) is 3.21. The van der Waals surface area contributed by atoms with Crippen molar-refractivity contribution >= 4 is 0 Å². The first kappa shape index (κ1) is 13.7. The first-order valence-electron chi connectivity index (χ1n) is 6.29. The van der Waals surface area contributed by atoms with Gasteiger partial charge in [0.25, 0.3) is 0 Å². The highest BCUT2D eigenvalue weighted by Gasteiger charge is 2.14. The molecule has 0 spiro atoms. The molecular formula is C14H19FN4. The van der Waals surface area contributed by atoms with Crippen LogP contribution in [0.3, 0.4) is 0 Å². The molecule has 1 atom stereocenters. The summed E-state index contributed by atoms with van der Waals surface area (Å²) in [6.45, 7) is 1.95. The minimum Gasteiger partial charge on any atom is -0.272 e. The second-order valence-electron chi connectivity index (χ2n) is 4.76. The largest absolute Gasteiger partial charge is 0.272 e. The van der Waals surface area contributed by atoms with Crippen molar-refractivity contribution in [2.24, 2.45) is 12.9 Å². The minimum atomic E-state index is -0.191. The highest BCUT2D eigenvalue weighted by Crippen LogP contribution is 2.12. The van der Waals surface area contributed by atoms with Gasteiger partial charge in [0.2, 0.25) is 0 Å². The van der Waals surface area contributed by atoms with E-state index in [1.54, 1.807) is 12.1 Å². The molecular weight excluding hydrogens is 243 g/mol. The number of nitrogens with zero attached hydrogens (tertiary/aromatic N) is 2. The number of aromatic nitrogens is 2. The van der Waals surface area contributed by atoms with E-state index >= 15 is 0 Å². The zero-order chi connectivity index (χ0) is 13.8. The van der Waals surface area contributed by atoms with Crippen LogP contribution in [-0.2, 0) is 19.9 Å². The molecule has 0 amide bonds. The van der Waals surface area contributed by atoms with Crippen LogP contribution >= 0.6 is 0 Å². The Labute approximate surface area is 112 Å². The van der Waals surface area contributed by atoms with Crippen LogP contribution in [0, 0.1) is 12.7 Å². The van der Waals surface area contributed by atoms with Gasteiger partial charge < -0.3 is 0 Å². The number of hydrogen-bond donors (Lipinski definition) is 2. The van der Waals surface area contributed by atoms with Crippen molar-refractivity contribution < 1.29 is 4.39 Å². The van der Waals surface area contributed by atoms with E-state index < -0.39 is 0 Å². The van der Waals surface area contributed by atoms with Gasteiger partial charge in [0.05, 0.1) is 5.69 Å². The molecule has 0 bridgehead atoms. The van der Waals surface area contributed by atoms with Crippen LogP contribution in [0.4, 0.5) is 4.39 Å². The number of rotatable bonds is 5. The van der Waals surface area contributed by atoms with Crippen LogP contribution in [0.2, 0.25) is 0 Å². The Morgan fingerprint density at radius 3 is 2.68 bits per heavy atom. The van der Waals surface area contributed by atoms with Crippen LogP contribution in [-0.4, -0.2) is 15.8 Å². The number of halogens is 1. The number of benzene rings is 1. The first-order valence-corrected chi connectivity index (χ1v) is 6.29. The molecule has 1 heterocycles. The first-order chi connectivity index (χ1) is 9.10. The van der Waals surface area contributed by atoms with Crippen molar-refractivity contribution in [3.8, 4) is 0 Å². The van der Waals surface area contributed by atoms with Crippen LogP contribution in [0.15, 0.2) is 30.3 Å². The summed E-state index contributed by atoms with van der Waals surface area (Å²) in [5.74, 6) is 5.38. The Morgan fingerprint density at radius 1 is 1.37 bits per heavy atom. The summed E-state index contributed by atoms with van der Waals surface area (Å²) in [7, 11) is 1.90. The molecule has 2 rings (SSSR count). The van der Waals surface area contributed by atoms with Gasteiger partial charge in [0, 0.05) is 25.2 Å². The predicted molar refractivity (Wildman–Crippen MR) is 72.9 cm³/mol. The Morgan fingerprint density at radius 2 is 2.11 bits per heavy atom. The second-order valence-corrected chi connectivity index (χ2v) is 4.76. The Balaban J connectivity index is 2.09. The van der Waals surface area contributed by atoms with E-state index in [-0.39, 0.29) is 11.9 Å². The van der Waals surface area contributed by atoms with Crippen LogP contribution in [0.5, 0.6) is 0 Å². The second kappa shape index (κ2) is 5.95.